The van der Waals surface area contributed by atoms with Crippen LogP contribution >= 0.6 is 0 Å². The molecule has 3 amide bonds. The molecule has 2 heterocycles. The molecule has 42 heavy (non-hydrogen) atoms. The number of carbonyl (C=O) groups excluding carboxylic acids is 4. The van der Waals surface area contributed by atoms with Crippen LogP contribution in [0.1, 0.15) is 72.3 Å². The van der Waals surface area contributed by atoms with Crippen molar-refractivity contribution in [1.29, 1.82) is 0 Å². The summed E-state index contributed by atoms with van der Waals surface area (Å²) in [5, 5.41) is 3.03. The molecule has 2 saturated heterocycles. The first kappa shape index (κ1) is 33.3. The van der Waals surface area contributed by atoms with E-state index < -0.39 is 18.1 Å². The first-order valence-corrected chi connectivity index (χ1v) is 15.4. The molecule has 2 fully saturated rings. The van der Waals surface area contributed by atoms with Gasteiger partial charge in [0.15, 0.2) is 0 Å². The molecule has 0 saturated carbocycles. The number of amides is 3. The lowest BCUT2D eigenvalue weighted by Gasteiger charge is -2.36. The van der Waals surface area contributed by atoms with Gasteiger partial charge in [-0.3, -0.25) is 19.3 Å². The predicted molar refractivity (Wildman–Crippen MR) is 163 cm³/mol. The number of piperidine rings is 1. The molecule has 1 N–H and O–H groups in total. The van der Waals surface area contributed by atoms with E-state index in [2.05, 4.69) is 10.2 Å². The van der Waals surface area contributed by atoms with E-state index in [1.807, 2.05) is 71.2 Å². The number of ether oxygens (including phenoxy) is 1. The lowest BCUT2D eigenvalue weighted by Crippen LogP contribution is -2.57. The van der Waals surface area contributed by atoms with E-state index in [0.29, 0.717) is 18.5 Å². The number of likely N-dealkylation sites (N-methyl/N-ethyl adjacent to an activating group) is 2. The van der Waals surface area contributed by atoms with Gasteiger partial charge in [0, 0.05) is 19.2 Å². The Balaban J connectivity index is 1.70. The van der Waals surface area contributed by atoms with Crippen molar-refractivity contribution in [2.45, 2.75) is 97.5 Å². The minimum Gasteiger partial charge on any atom is -0.459 e. The van der Waals surface area contributed by atoms with Crippen molar-refractivity contribution in [2.24, 2.45) is 11.8 Å². The number of nitrogens with one attached hydrogen (secondary N) is 1. The van der Waals surface area contributed by atoms with Crippen LogP contribution < -0.4 is 5.32 Å². The van der Waals surface area contributed by atoms with Crippen LogP contribution in [0.25, 0.3) is 0 Å². The minimum absolute atomic E-state index is 0.0138. The summed E-state index contributed by atoms with van der Waals surface area (Å²) in [7, 11) is 3.68. The van der Waals surface area contributed by atoms with Crippen molar-refractivity contribution < 1.29 is 23.9 Å². The number of hydrogen-bond acceptors (Lipinski definition) is 6. The third-order valence-corrected chi connectivity index (χ3v) is 8.55. The first-order chi connectivity index (χ1) is 19.9. The summed E-state index contributed by atoms with van der Waals surface area (Å²) in [6, 6.07) is 7.57. The summed E-state index contributed by atoms with van der Waals surface area (Å²) in [5.74, 6) is -1.01. The smallest absolute Gasteiger partial charge is 0.329 e. The zero-order valence-electron chi connectivity index (χ0n) is 26.5. The second-order valence-corrected chi connectivity index (χ2v) is 12.5. The summed E-state index contributed by atoms with van der Waals surface area (Å²) >= 11 is 0. The van der Waals surface area contributed by atoms with E-state index in [9.17, 15) is 19.2 Å². The van der Waals surface area contributed by atoms with Gasteiger partial charge in [0.2, 0.25) is 17.7 Å². The second kappa shape index (κ2) is 15.3. The van der Waals surface area contributed by atoms with Crippen molar-refractivity contribution in [3.05, 3.63) is 47.5 Å². The Kier molecular flexibility index (Phi) is 12.2. The number of hydrogen-bond donors (Lipinski definition) is 1. The van der Waals surface area contributed by atoms with Crippen LogP contribution in [0.4, 0.5) is 0 Å². The Morgan fingerprint density at radius 1 is 0.976 bits per heavy atom. The number of carbonyl (C=O) groups is 4. The number of esters is 1. The van der Waals surface area contributed by atoms with Gasteiger partial charge in [-0.2, -0.15) is 0 Å². The summed E-state index contributed by atoms with van der Waals surface area (Å²) in [6.07, 6.45) is 5.96. The van der Waals surface area contributed by atoms with Crippen molar-refractivity contribution in [2.75, 3.05) is 27.2 Å². The molecular weight excluding hydrogens is 532 g/mol. The molecule has 9 heteroatoms. The van der Waals surface area contributed by atoms with Crippen LogP contribution in [0.5, 0.6) is 0 Å². The molecule has 0 unspecified atom stereocenters. The average molecular weight is 583 g/mol. The SMILES string of the molecule is C/C(=C\[C@H](C(C)C)N(C)C(=O)[C@@H](NC(=O)[C@H]1CCCCN1C)C(C)C)C(=O)N1CCC[C@H]1C(=O)OCc1ccccc1. The molecule has 0 aromatic heterocycles. The highest BCUT2D eigenvalue weighted by Crippen LogP contribution is 2.24. The van der Waals surface area contributed by atoms with E-state index in [1.54, 1.807) is 23.8 Å². The number of nitrogens with zero attached hydrogens (tertiary/aromatic N) is 3. The fourth-order valence-electron chi connectivity index (χ4n) is 5.92. The van der Waals surface area contributed by atoms with Crippen LogP contribution in [0.3, 0.4) is 0 Å². The Hall–Kier alpha value is -3.20. The molecule has 0 radical (unpaired) electrons. The lowest BCUT2D eigenvalue weighted by molar-refractivity contribution is -0.153. The van der Waals surface area contributed by atoms with Crippen LogP contribution in [0.15, 0.2) is 42.0 Å². The highest BCUT2D eigenvalue weighted by molar-refractivity contribution is 5.96. The maximum Gasteiger partial charge on any atom is 0.329 e. The lowest BCUT2D eigenvalue weighted by atomic mass is 9.96. The third kappa shape index (κ3) is 8.43. The average Bonchev–Trinajstić information content (AvgIpc) is 3.46. The van der Waals surface area contributed by atoms with Gasteiger partial charge < -0.3 is 19.9 Å². The van der Waals surface area contributed by atoms with Gasteiger partial charge in [-0.1, -0.05) is 70.5 Å². The first-order valence-electron chi connectivity index (χ1n) is 15.4. The van der Waals surface area contributed by atoms with Crippen LogP contribution in [-0.4, -0.2) is 89.7 Å². The molecule has 2 aliphatic heterocycles. The normalized spacial score (nSPS) is 21.3. The molecule has 0 aliphatic carbocycles. The molecule has 1 aromatic rings. The highest BCUT2D eigenvalue weighted by Gasteiger charge is 2.37. The Morgan fingerprint density at radius 3 is 2.26 bits per heavy atom. The molecular formula is C33H50N4O5. The molecule has 2 aliphatic rings. The molecule has 232 valence electrons. The minimum atomic E-state index is -0.675. The zero-order chi connectivity index (χ0) is 31.0. The fourth-order valence-corrected chi connectivity index (χ4v) is 5.92. The predicted octanol–water partition coefficient (Wildman–Crippen LogP) is 3.78. The zero-order valence-corrected chi connectivity index (χ0v) is 26.5. The van der Waals surface area contributed by atoms with E-state index in [4.69, 9.17) is 4.74 Å². The molecule has 3 rings (SSSR count). The van der Waals surface area contributed by atoms with E-state index in [0.717, 1.165) is 37.8 Å². The maximum atomic E-state index is 13.8. The molecule has 0 spiro atoms. The number of benzene rings is 1. The van der Waals surface area contributed by atoms with Gasteiger partial charge in [-0.05, 0) is 63.6 Å². The number of likely N-dealkylation sites (tertiary alicyclic amines) is 2. The Labute approximate surface area is 251 Å². The summed E-state index contributed by atoms with van der Waals surface area (Å²) < 4.78 is 5.55. The van der Waals surface area contributed by atoms with Gasteiger partial charge in [0.25, 0.3) is 0 Å². The topological polar surface area (TPSA) is 99.3 Å². The summed E-state index contributed by atoms with van der Waals surface area (Å²) in [5.41, 5.74) is 1.37. The summed E-state index contributed by atoms with van der Waals surface area (Å²) in [4.78, 5) is 58.7. The molecule has 9 nitrogen and oxygen atoms in total. The van der Waals surface area contributed by atoms with E-state index in [1.165, 1.54) is 0 Å². The quantitative estimate of drug-likeness (QED) is 0.315. The Bertz CT molecular complexity index is 1120. The van der Waals surface area contributed by atoms with Crippen LogP contribution in [0.2, 0.25) is 0 Å². The third-order valence-electron chi connectivity index (χ3n) is 8.55. The van der Waals surface area contributed by atoms with Crippen molar-refractivity contribution >= 4 is 23.7 Å². The van der Waals surface area contributed by atoms with Gasteiger partial charge in [0.05, 0.1) is 12.1 Å². The number of rotatable bonds is 11. The van der Waals surface area contributed by atoms with E-state index in [-0.39, 0.29) is 48.2 Å². The summed E-state index contributed by atoms with van der Waals surface area (Å²) in [6.45, 7) is 11.1. The van der Waals surface area contributed by atoms with Gasteiger partial charge in [0.1, 0.15) is 18.7 Å². The van der Waals surface area contributed by atoms with Crippen LogP contribution in [0, 0.1) is 11.8 Å². The molecule has 1 aromatic carbocycles. The molecule has 0 bridgehead atoms. The van der Waals surface area contributed by atoms with Crippen molar-refractivity contribution in [1.82, 2.24) is 20.0 Å². The molecule has 4 atom stereocenters. The highest BCUT2D eigenvalue weighted by atomic mass is 16.5. The standard InChI is InChI=1S/C33H50N4O5/c1-22(2)28(36(7)32(40)29(23(3)4)34-30(38)26-16-11-12-18-35(26)6)20-24(5)31(39)37-19-13-17-27(37)33(41)42-21-25-14-9-8-10-15-25/h8-10,14-15,20,22-23,26-29H,11-13,16-19,21H2,1-7H3,(H,34,38)/b24-20+/t26-,27+,28-,29+/m1/s1. The largest absolute Gasteiger partial charge is 0.459 e. The maximum absolute atomic E-state index is 13.8. The monoisotopic (exact) mass is 582 g/mol. The van der Waals surface area contributed by atoms with Crippen molar-refractivity contribution in [3.63, 3.8) is 0 Å². The Morgan fingerprint density at radius 2 is 1.64 bits per heavy atom. The fraction of sp³-hybridized carbons (Fsp3) is 0.636. The van der Waals surface area contributed by atoms with Crippen LogP contribution in [-0.2, 0) is 30.5 Å². The van der Waals surface area contributed by atoms with Gasteiger partial charge in [-0.25, -0.2) is 4.79 Å². The van der Waals surface area contributed by atoms with Gasteiger partial charge >= 0.3 is 5.97 Å². The van der Waals surface area contributed by atoms with Gasteiger partial charge in [-0.15, -0.1) is 0 Å². The van der Waals surface area contributed by atoms with E-state index >= 15 is 0 Å². The second-order valence-electron chi connectivity index (χ2n) is 12.5. The van der Waals surface area contributed by atoms with Crippen molar-refractivity contribution in [3.8, 4) is 0 Å².